The molecule has 2 amide bonds. The molecule has 0 spiro atoms. The van der Waals surface area contributed by atoms with E-state index in [1.165, 1.54) is 6.07 Å². The number of halogens is 3. The Morgan fingerprint density at radius 2 is 2.04 bits per heavy atom. The number of anilines is 1. The summed E-state index contributed by atoms with van der Waals surface area (Å²) in [6.07, 6.45) is 1.61. The Kier molecular flexibility index (Phi) is 4.86. The van der Waals surface area contributed by atoms with Crippen LogP contribution in [0.2, 0.25) is 0 Å². The van der Waals surface area contributed by atoms with Crippen molar-refractivity contribution >= 4 is 11.7 Å². The fourth-order valence-corrected chi connectivity index (χ4v) is 2.75. The second-order valence-electron chi connectivity index (χ2n) is 5.92. The molecular formula is C15H17F3N6O. The van der Waals surface area contributed by atoms with Crippen LogP contribution in [0.5, 0.6) is 0 Å². The van der Waals surface area contributed by atoms with E-state index in [1.807, 2.05) is 0 Å². The number of hydrogen-bond donors (Lipinski definition) is 1. The number of urea groups is 1. The molecule has 0 aliphatic carbocycles. The van der Waals surface area contributed by atoms with Crippen molar-refractivity contribution in [3.05, 3.63) is 36.4 Å². The summed E-state index contributed by atoms with van der Waals surface area (Å²) < 4.78 is 39.2. The molecule has 1 aliphatic rings. The molecule has 1 N–H and O–H groups in total. The zero-order valence-electron chi connectivity index (χ0n) is 13.3. The van der Waals surface area contributed by atoms with Crippen molar-refractivity contribution in [1.29, 1.82) is 0 Å². The average Bonchev–Trinajstić information content (AvgIpc) is 3.08. The Labute approximate surface area is 141 Å². The molecule has 25 heavy (non-hydrogen) atoms. The normalized spacial score (nSPS) is 16.0. The summed E-state index contributed by atoms with van der Waals surface area (Å²) in [5.74, 6) is 0.415. The van der Waals surface area contributed by atoms with Crippen LogP contribution in [0.1, 0.15) is 18.5 Å². The van der Waals surface area contributed by atoms with Gasteiger partial charge in [-0.25, -0.2) is 9.78 Å². The van der Waals surface area contributed by atoms with E-state index in [2.05, 4.69) is 20.6 Å². The van der Waals surface area contributed by atoms with Crippen LogP contribution < -0.4 is 5.32 Å². The Balaban J connectivity index is 1.49. The lowest BCUT2D eigenvalue weighted by molar-refractivity contribution is -0.141. The second kappa shape index (κ2) is 7.08. The number of carbonyl (C=O) groups excluding carboxylic acids is 1. The van der Waals surface area contributed by atoms with Crippen LogP contribution in [-0.2, 0) is 12.7 Å². The Hall–Kier alpha value is -2.65. The van der Waals surface area contributed by atoms with Crippen molar-refractivity contribution < 1.29 is 18.0 Å². The number of likely N-dealkylation sites (tertiary alicyclic amines) is 1. The van der Waals surface area contributed by atoms with Crippen LogP contribution in [0, 0.1) is 5.92 Å². The summed E-state index contributed by atoms with van der Waals surface area (Å²) in [6.45, 7) is 1.93. The van der Waals surface area contributed by atoms with Gasteiger partial charge in [0, 0.05) is 25.8 Å². The first-order valence-electron chi connectivity index (χ1n) is 7.85. The highest BCUT2D eigenvalue weighted by atomic mass is 19.4. The van der Waals surface area contributed by atoms with Crippen molar-refractivity contribution in [2.45, 2.75) is 25.6 Å². The molecule has 7 nitrogen and oxygen atoms in total. The van der Waals surface area contributed by atoms with Crippen LogP contribution in [0.3, 0.4) is 0 Å². The van der Waals surface area contributed by atoms with Gasteiger partial charge in [0.15, 0.2) is 0 Å². The summed E-state index contributed by atoms with van der Waals surface area (Å²) in [4.78, 5) is 17.2. The van der Waals surface area contributed by atoms with Crippen molar-refractivity contribution in [2.75, 3.05) is 18.4 Å². The van der Waals surface area contributed by atoms with E-state index in [1.54, 1.807) is 22.0 Å². The smallest absolute Gasteiger partial charge is 0.325 e. The summed E-state index contributed by atoms with van der Waals surface area (Å²) in [7, 11) is 0. The second-order valence-corrected chi connectivity index (χ2v) is 5.92. The molecule has 0 bridgehead atoms. The van der Waals surface area contributed by atoms with Crippen LogP contribution in [0.15, 0.2) is 30.7 Å². The zero-order valence-corrected chi connectivity index (χ0v) is 13.3. The van der Waals surface area contributed by atoms with Crippen LogP contribution in [0.4, 0.5) is 23.7 Å². The molecule has 2 aromatic heterocycles. The third kappa shape index (κ3) is 4.46. The van der Waals surface area contributed by atoms with Crippen molar-refractivity contribution in [2.24, 2.45) is 5.92 Å². The highest BCUT2D eigenvalue weighted by molar-refractivity contribution is 5.89. The Morgan fingerprint density at radius 3 is 2.60 bits per heavy atom. The standard InChI is InChI=1S/C15H17F3N6O/c16-15(17,18)13-2-1-12(9-19-13)21-14(25)23-6-3-11(4-7-23)10-24-8-5-20-22-24/h1-2,5,8-9,11H,3-4,6-7,10H2,(H,21,25). The van der Waals surface area contributed by atoms with Gasteiger partial charge in [-0.15, -0.1) is 5.10 Å². The quantitative estimate of drug-likeness (QED) is 0.919. The van der Waals surface area contributed by atoms with Gasteiger partial charge in [0.25, 0.3) is 0 Å². The lowest BCUT2D eigenvalue weighted by atomic mass is 9.97. The molecule has 3 rings (SSSR count). The van der Waals surface area contributed by atoms with Crippen molar-refractivity contribution in [3.8, 4) is 0 Å². The minimum Gasteiger partial charge on any atom is -0.325 e. The molecule has 1 aliphatic heterocycles. The molecule has 1 fully saturated rings. The van der Waals surface area contributed by atoms with E-state index in [0.717, 1.165) is 31.6 Å². The lowest BCUT2D eigenvalue weighted by Gasteiger charge is -2.31. The highest BCUT2D eigenvalue weighted by Gasteiger charge is 2.32. The van der Waals surface area contributed by atoms with Gasteiger partial charge >= 0.3 is 12.2 Å². The average molecular weight is 354 g/mol. The minimum atomic E-state index is -4.49. The number of amides is 2. The van der Waals surface area contributed by atoms with E-state index in [0.29, 0.717) is 19.0 Å². The maximum absolute atomic E-state index is 12.5. The molecule has 0 aromatic carbocycles. The Morgan fingerprint density at radius 1 is 1.28 bits per heavy atom. The molecule has 0 saturated carbocycles. The largest absolute Gasteiger partial charge is 0.433 e. The number of rotatable bonds is 3. The molecule has 0 radical (unpaired) electrons. The molecule has 134 valence electrons. The van der Waals surface area contributed by atoms with E-state index in [9.17, 15) is 18.0 Å². The fraction of sp³-hybridized carbons (Fsp3) is 0.467. The number of alkyl halides is 3. The van der Waals surface area contributed by atoms with Gasteiger partial charge in [0.2, 0.25) is 0 Å². The van der Waals surface area contributed by atoms with Crippen LogP contribution in [0.25, 0.3) is 0 Å². The van der Waals surface area contributed by atoms with Gasteiger partial charge in [-0.05, 0) is 30.9 Å². The molecule has 0 atom stereocenters. The Bertz CT molecular complexity index is 693. The summed E-state index contributed by atoms with van der Waals surface area (Å²) in [5.41, 5.74) is -0.748. The lowest BCUT2D eigenvalue weighted by Crippen LogP contribution is -2.41. The van der Waals surface area contributed by atoms with Gasteiger partial charge < -0.3 is 10.2 Å². The van der Waals surface area contributed by atoms with E-state index in [-0.39, 0.29) is 11.7 Å². The first kappa shape index (κ1) is 17.2. The van der Waals surface area contributed by atoms with Gasteiger partial charge in [0.1, 0.15) is 5.69 Å². The first-order chi connectivity index (χ1) is 11.9. The number of carbonyl (C=O) groups is 1. The van der Waals surface area contributed by atoms with Crippen LogP contribution in [-0.4, -0.2) is 44.0 Å². The minimum absolute atomic E-state index is 0.239. The number of pyridine rings is 1. The molecule has 1 saturated heterocycles. The molecule has 3 heterocycles. The topological polar surface area (TPSA) is 75.9 Å². The maximum atomic E-state index is 12.5. The van der Waals surface area contributed by atoms with Gasteiger partial charge in [-0.3, -0.25) is 4.68 Å². The van der Waals surface area contributed by atoms with E-state index < -0.39 is 11.9 Å². The fourth-order valence-electron chi connectivity index (χ4n) is 2.75. The van der Waals surface area contributed by atoms with Crippen LogP contribution >= 0.6 is 0 Å². The van der Waals surface area contributed by atoms with E-state index >= 15 is 0 Å². The SMILES string of the molecule is O=C(Nc1ccc(C(F)(F)F)nc1)N1CCC(Cn2ccnn2)CC1. The predicted octanol–water partition coefficient (Wildman–Crippen LogP) is 2.64. The van der Waals surface area contributed by atoms with Crippen molar-refractivity contribution in [1.82, 2.24) is 24.9 Å². The third-order valence-corrected chi connectivity index (χ3v) is 4.12. The molecule has 10 heteroatoms. The maximum Gasteiger partial charge on any atom is 0.433 e. The zero-order chi connectivity index (χ0) is 17.9. The third-order valence-electron chi connectivity index (χ3n) is 4.12. The monoisotopic (exact) mass is 354 g/mol. The molecule has 0 unspecified atom stereocenters. The number of hydrogen-bond acceptors (Lipinski definition) is 4. The van der Waals surface area contributed by atoms with Crippen molar-refractivity contribution in [3.63, 3.8) is 0 Å². The number of nitrogens with zero attached hydrogens (tertiary/aromatic N) is 5. The number of aromatic nitrogens is 4. The first-order valence-corrected chi connectivity index (χ1v) is 7.85. The molecular weight excluding hydrogens is 337 g/mol. The number of nitrogens with one attached hydrogen (secondary N) is 1. The number of piperidine rings is 1. The van der Waals surface area contributed by atoms with Gasteiger partial charge in [-0.1, -0.05) is 5.21 Å². The van der Waals surface area contributed by atoms with Gasteiger partial charge in [-0.2, -0.15) is 13.2 Å². The summed E-state index contributed by atoms with van der Waals surface area (Å²) in [6, 6.07) is 1.71. The van der Waals surface area contributed by atoms with E-state index in [4.69, 9.17) is 0 Å². The van der Waals surface area contributed by atoms with Gasteiger partial charge in [0.05, 0.1) is 18.1 Å². The molecule has 2 aromatic rings. The summed E-state index contributed by atoms with van der Waals surface area (Å²) >= 11 is 0. The highest BCUT2D eigenvalue weighted by Crippen LogP contribution is 2.28. The summed E-state index contributed by atoms with van der Waals surface area (Å²) in [5, 5.41) is 10.3. The predicted molar refractivity (Wildman–Crippen MR) is 82.6 cm³/mol.